The summed E-state index contributed by atoms with van der Waals surface area (Å²) in [6.45, 7) is 4.29. The van der Waals surface area contributed by atoms with Crippen LogP contribution in [-0.4, -0.2) is 82.0 Å². The normalized spacial score (nSPS) is 25.9. The molecule has 1 aromatic heterocycles. The Hall–Kier alpha value is -3.23. The van der Waals surface area contributed by atoms with Crippen LogP contribution in [0.4, 0.5) is 0 Å². The Morgan fingerprint density at radius 3 is 2.70 bits per heavy atom. The van der Waals surface area contributed by atoms with Crippen LogP contribution >= 0.6 is 0 Å². The number of β-amino-alcohol motifs (C(OH)–C–C–N with tert-alkyl or cyclic N) is 1. The van der Waals surface area contributed by atoms with Gasteiger partial charge in [-0.1, -0.05) is 30.4 Å². The third-order valence-corrected chi connectivity index (χ3v) is 7.71. The number of ether oxygens (including phenoxy) is 1. The highest BCUT2D eigenvalue weighted by atomic mass is 16.5. The number of piperidine rings is 1. The van der Waals surface area contributed by atoms with Crippen LogP contribution in [0.1, 0.15) is 30.4 Å². The Bertz CT molecular complexity index is 1110. The van der Waals surface area contributed by atoms with E-state index < -0.39 is 6.10 Å². The predicted molar refractivity (Wildman–Crippen MR) is 139 cm³/mol. The van der Waals surface area contributed by atoms with Crippen LogP contribution < -0.4 is 4.74 Å². The van der Waals surface area contributed by atoms with Gasteiger partial charge in [-0.25, -0.2) is 0 Å². The van der Waals surface area contributed by atoms with Crippen molar-refractivity contribution >= 4 is 11.8 Å². The Morgan fingerprint density at radius 2 is 1.89 bits per heavy atom. The van der Waals surface area contributed by atoms with E-state index in [1.54, 1.807) is 17.3 Å². The monoisotopic (exact) mass is 504 g/mol. The summed E-state index contributed by atoms with van der Waals surface area (Å²) >= 11 is 0. The molecule has 37 heavy (non-hydrogen) atoms. The van der Waals surface area contributed by atoms with Crippen molar-refractivity contribution in [2.75, 3.05) is 39.3 Å². The topological polar surface area (TPSA) is 86.2 Å². The van der Waals surface area contributed by atoms with Crippen LogP contribution in [0.5, 0.6) is 5.75 Å². The van der Waals surface area contributed by atoms with Crippen molar-refractivity contribution in [1.82, 2.24) is 19.7 Å². The molecule has 8 nitrogen and oxygen atoms in total. The fourth-order valence-corrected chi connectivity index (χ4v) is 5.64. The zero-order chi connectivity index (χ0) is 25.6. The fourth-order valence-electron chi connectivity index (χ4n) is 5.64. The number of aromatic nitrogens is 1. The first-order valence-electron chi connectivity index (χ1n) is 13.3. The van der Waals surface area contributed by atoms with E-state index in [1.807, 2.05) is 41.3 Å². The van der Waals surface area contributed by atoms with Gasteiger partial charge in [0.25, 0.3) is 0 Å². The number of hydrogen-bond acceptors (Lipinski definition) is 6. The molecule has 0 spiro atoms. The third kappa shape index (κ3) is 6.56. The molecule has 196 valence electrons. The average Bonchev–Trinajstić information content (AvgIpc) is 3.35. The average molecular weight is 505 g/mol. The van der Waals surface area contributed by atoms with Gasteiger partial charge in [-0.2, -0.15) is 0 Å². The zero-order valence-corrected chi connectivity index (χ0v) is 21.2. The molecule has 3 aliphatic rings. The van der Waals surface area contributed by atoms with Crippen LogP contribution in [0, 0.1) is 11.8 Å². The molecule has 2 saturated heterocycles. The van der Waals surface area contributed by atoms with Gasteiger partial charge in [-0.3, -0.25) is 19.5 Å². The van der Waals surface area contributed by atoms with Gasteiger partial charge in [0.15, 0.2) is 0 Å². The van der Waals surface area contributed by atoms with Crippen LogP contribution in [0.15, 0.2) is 60.9 Å². The summed E-state index contributed by atoms with van der Waals surface area (Å²) in [5.74, 6) is 1.28. The van der Waals surface area contributed by atoms with Crippen molar-refractivity contribution in [3.05, 3.63) is 72.1 Å². The largest absolute Gasteiger partial charge is 0.489 e. The SMILES string of the molecule is O=C(C[C@@H]1CCN2C[C@@H]1/C=C\COc1ccccc1CN(Cc1ccncc1)CC2=O)N1CC[C@@H](O)C1. The second kappa shape index (κ2) is 11.9. The predicted octanol–water partition coefficient (Wildman–Crippen LogP) is 2.48. The molecule has 0 saturated carbocycles. The summed E-state index contributed by atoms with van der Waals surface area (Å²) in [4.78, 5) is 36.5. The first kappa shape index (κ1) is 25.4. The molecule has 2 fully saturated rings. The van der Waals surface area contributed by atoms with Crippen molar-refractivity contribution in [1.29, 1.82) is 0 Å². The van der Waals surface area contributed by atoms with Gasteiger partial charge in [-0.05, 0) is 48.4 Å². The van der Waals surface area contributed by atoms with Gasteiger partial charge < -0.3 is 19.6 Å². The summed E-state index contributed by atoms with van der Waals surface area (Å²) in [5.41, 5.74) is 2.15. The van der Waals surface area contributed by atoms with E-state index in [2.05, 4.69) is 22.0 Å². The van der Waals surface area contributed by atoms with Gasteiger partial charge >= 0.3 is 0 Å². The van der Waals surface area contributed by atoms with E-state index in [0.29, 0.717) is 65.3 Å². The first-order valence-corrected chi connectivity index (χ1v) is 13.3. The summed E-state index contributed by atoms with van der Waals surface area (Å²) < 4.78 is 6.15. The van der Waals surface area contributed by atoms with Gasteiger partial charge in [-0.15, -0.1) is 0 Å². The maximum Gasteiger partial charge on any atom is 0.236 e. The molecule has 3 atom stereocenters. The highest BCUT2D eigenvalue weighted by Crippen LogP contribution is 2.30. The number of aliphatic hydroxyl groups excluding tert-OH is 1. The number of para-hydroxylation sites is 1. The minimum absolute atomic E-state index is 0.0856. The Labute approximate surface area is 218 Å². The van der Waals surface area contributed by atoms with Crippen molar-refractivity contribution in [3.63, 3.8) is 0 Å². The molecule has 2 amide bonds. The molecule has 0 unspecified atom stereocenters. The Balaban J connectivity index is 1.34. The molecule has 3 aliphatic heterocycles. The number of rotatable bonds is 4. The number of amides is 2. The smallest absolute Gasteiger partial charge is 0.236 e. The molecule has 2 aromatic rings. The lowest BCUT2D eigenvalue weighted by Crippen LogP contribution is -2.47. The van der Waals surface area contributed by atoms with Gasteiger partial charge in [0.1, 0.15) is 12.4 Å². The maximum absolute atomic E-state index is 13.5. The van der Waals surface area contributed by atoms with Gasteiger partial charge in [0, 0.05) is 63.6 Å². The van der Waals surface area contributed by atoms with Crippen molar-refractivity contribution in [2.24, 2.45) is 11.8 Å². The number of nitrogens with zero attached hydrogens (tertiary/aromatic N) is 4. The minimum Gasteiger partial charge on any atom is -0.489 e. The van der Waals surface area contributed by atoms with E-state index >= 15 is 0 Å². The number of fused-ring (bicyclic) bond motifs is 3. The number of benzene rings is 1. The molecule has 0 aliphatic carbocycles. The zero-order valence-electron chi connectivity index (χ0n) is 21.2. The molecule has 0 radical (unpaired) electrons. The number of carbonyl (C=O) groups excluding carboxylic acids is 2. The molecular weight excluding hydrogens is 468 g/mol. The van der Waals surface area contributed by atoms with Crippen molar-refractivity contribution in [2.45, 2.75) is 38.5 Å². The lowest BCUT2D eigenvalue weighted by Gasteiger charge is -2.38. The van der Waals surface area contributed by atoms with Crippen molar-refractivity contribution in [3.8, 4) is 5.75 Å². The molecular formula is C29H36N4O4. The van der Waals surface area contributed by atoms with Crippen LogP contribution in [-0.2, 0) is 22.7 Å². The second-order valence-corrected chi connectivity index (χ2v) is 10.4. The maximum atomic E-state index is 13.5. The summed E-state index contributed by atoms with van der Waals surface area (Å²) in [6.07, 6.45) is 9.18. The third-order valence-electron chi connectivity index (χ3n) is 7.71. The summed E-state index contributed by atoms with van der Waals surface area (Å²) in [7, 11) is 0. The highest BCUT2D eigenvalue weighted by Gasteiger charge is 2.34. The minimum atomic E-state index is -0.413. The Morgan fingerprint density at radius 1 is 1.05 bits per heavy atom. The molecule has 4 heterocycles. The van der Waals surface area contributed by atoms with Crippen LogP contribution in [0.25, 0.3) is 0 Å². The molecule has 1 N–H and O–H groups in total. The quantitative estimate of drug-likeness (QED) is 0.644. The lowest BCUT2D eigenvalue weighted by molar-refractivity contribution is -0.136. The molecule has 2 bridgehead atoms. The molecule has 8 heteroatoms. The van der Waals surface area contributed by atoms with E-state index in [1.165, 1.54) is 0 Å². The Kier molecular flexibility index (Phi) is 8.16. The van der Waals surface area contributed by atoms with E-state index in [-0.39, 0.29) is 23.7 Å². The van der Waals surface area contributed by atoms with Gasteiger partial charge in [0.2, 0.25) is 11.8 Å². The summed E-state index contributed by atoms with van der Waals surface area (Å²) in [5, 5.41) is 9.84. The summed E-state index contributed by atoms with van der Waals surface area (Å²) in [6, 6.07) is 12.0. The number of hydrogen-bond donors (Lipinski definition) is 1. The van der Waals surface area contributed by atoms with Crippen LogP contribution in [0.2, 0.25) is 0 Å². The number of likely N-dealkylation sites (tertiary alicyclic amines) is 1. The lowest BCUT2D eigenvalue weighted by atomic mass is 9.82. The fraction of sp³-hybridized carbons (Fsp3) is 0.483. The van der Waals surface area contributed by atoms with E-state index in [0.717, 1.165) is 23.3 Å². The number of pyridine rings is 1. The molecule has 5 rings (SSSR count). The van der Waals surface area contributed by atoms with Gasteiger partial charge in [0.05, 0.1) is 12.6 Å². The van der Waals surface area contributed by atoms with E-state index in [4.69, 9.17) is 4.74 Å². The first-order chi connectivity index (χ1) is 18.0. The van der Waals surface area contributed by atoms with Crippen LogP contribution in [0.3, 0.4) is 0 Å². The van der Waals surface area contributed by atoms with Crippen molar-refractivity contribution < 1.29 is 19.4 Å². The number of carbonyl (C=O) groups is 2. The van der Waals surface area contributed by atoms with E-state index in [9.17, 15) is 14.7 Å². The second-order valence-electron chi connectivity index (χ2n) is 10.4. The molecule has 1 aromatic carbocycles. The highest BCUT2D eigenvalue weighted by molar-refractivity contribution is 5.79. The number of aliphatic hydroxyl groups is 1. The standard InChI is InChI=1S/C29H36N4O4/c34-26-10-14-33(20-26)28(35)16-23-9-13-32-19-24(23)5-3-15-37-27-6-2-1-4-25(27)18-31(21-29(32)36)17-22-7-11-30-12-8-22/h1-8,11-12,23-24,26,34H,9-10,13-21H2/b5-3-/t23-,24-,26+/m0/s1.